The molecular formula is C14H32N2. The second kappa shape index (κ2) is 6.61. The predicted molar refractivity (Wildman–Crippen MR) is 73.8 cm³/mol. The van der Waals surface area contributed by atoms with E-state index in [0.717, 1.165) is 25.6 Å². The van der Waals surface area contributed by atoms with Crippen LogP contribution >= 0.6 is 0 Å². The van der Waals surface area contributed by atoms with Gasteiger partial charge >= 0.3 is 0 Å². The van der Waals surface area contributed by atoms with E-state index in [2.05, 4.69) is 52.2 Å². The molecule has 0 atom stereocenters. The third-order valence-electron chi connectivity index (χ3n) is 3.25. The molecule has 0 saturated carbocycles. The lowest BCUT2D eigenvalue weighted by Gasteiger charge is -2.41. The van der Waals surface area contributed by atoms with Crippen LogP contribution in [0.2, 0.25) is 0 Å². The molecule has 98 valence electrons. The molecule has 16 heavy (non-hydrogen) atoms. The highest BCUT2D eigenvalue weighted by Crippen LogP contribution is 2.41. The quantitative estimate of drug-likeness (QED) is 0.683. The van der Waals surface area contributed by atoms with Crippen molar-refractivity contribution < 1.29 is 0 Å². The molecule has 2 heteroatoms. The number of hydrogen-bond acceptors (Lipinski definition) is 2. The van der Waals surface area contributed by atoms with E-state index in [1.807, 2.05) is 7.05 Å². The maximum Gasteiger partial charge on any atom is 0.00766 e. The summed E-state index contributed by atoms with van der Waals surface area (Å²) >= 11 is 0. The summed E-state index contributed by atoms with van der Waals surface area (Å²) in [5, 5.41) is 6.65. The minimum atomic E-state index is 0.392. The SMILES string of the molecule is CNCCNCCC(C(C)(C)C)C(C)(C)C. The van der Waals surface area contributed by atoms with E-state index >= 15 is 0 Å². The topological polar surface area (TPSA) is 24.1 Å². The van der Waals surface area contributed by atoms with Gasteiger partial charge in [-0.05, 0) is 36.8 Å². The molecule has 0 aromatic rings. The lowest BCUT2D eigenvalue weighted by molar-refractivity contribution is 0.0929. The van der Waals surface area contributed by atoms with Crippen molar-refractivity contribution >= 4 is 0 Å². The van der Waals surface area contributed by atoms with Crippen molar-refractivity contribution in [3.8, 4) is 0 Å². The molecule has 0 aromatic heterocycles. The van der Waals surface area contributed by atoms with E-state index in [4.69, 9.17) is 0 Å². The Balaban J connectivity index is 4.06. The monoisotopic (exact) mass is 228 g/mol. The van der Waals surface area contributed by atoms with Gasteiger partial charge in [0.15, 0.2) is 0 Å². The van der Waals surface area contributed by atoms with E-state index in [-0.39, 0.29) is 0 Å². The fraction of sp³-hybridized carbons (Fsp3) is 1.00. The van der Waals surface area contributed by atoms with Gasteiger partial charge in [0.2, 0.25) is 0 Å². The number of rotatable bonds is 6. The summed E-state index contributed by atoms with van der Waals surface area (Å²) in [5.41, 5.74) is 0.784. The molecule has 0 unspecified atom stereocenters. The van der Waals surface area contributed by atoms with Crippen molar-refractivity contribution in [1.82, 2.24) is 10.6 Å². The average molecular weight is 228 g/mol. The first-order chi connectivity index (χ1) is 7.19. The molecule has 0 aromatic carbocycles. The van der Waals surface area contributed by atoms with Gasteiger partial charge in [0, 0.05) is 13.1 Å². The first-order valence-corrected chi connectivity index (χ1v) is 6.55. The second-order valence-corrected chi connectivity index (χ2v) is 6.93. The van der Waals surface area contributed by atoms with Gasteiger partial charge in [-0.2, -0.15) is 0 Å². The van der Waals surface area contributed by atoms with Gasteiger partial charge in [0.1, 0.15) is 0 Å². The molecule has 0 spiro atoms. The Bertz CT molecular complexity index is 160. The molecular weight excluding hydrogens is 196 g/mol. The van der Waals surface area contributed by atoms with Crippen LogP contribution in [0.1, 0.15) is 48.0 Å². The van der Waals surface area contributed by atoms with Crippen LogP contribution in [-0.2, 0) is 0 Å². The minimum absolute atomic E-state index is 0.392. The molecule has 0 aliphatic rings. The van der Waals surface area contributed by atoms with Gasteiger partial charge in [-0.15, -0.1) is 0 Å². The normalized spacial score (nSPS) is 13.5. The van der Waals surface area contributed by atoms with E-state index in [9.17, 15) is 0 Å². The van der Waals surface area contributed by atoms with Crippen molar-refractivity contribution in [3.63, 3.8) is 0 Å². The van der Waals surface area contributed by atoms with Gasteiger partial charge in [-0.3, -0.25) is 0 Å². The maximum atomic E-state index is 3.50. The maximum absolute atomic E-state index is 3.50. The molecule has 2 nitrogen and oxygen atoms in total. The molecule has 0 rings (SSSR count). The van der Waals surface area contributed by atoms with Crippen molar-refractivity contribution in [1.29, 1.82) is 0 Å². The van der Waals surface area contributed by atoms with Crippen molar-refractivity contribution in [2.24, 2.45) is 16.7 Å². The van der Waals surface area contributed by atoms with Crippen LogP contribution in [0, 0.1) is 16.7 Å². The second-order valence-electron chi connectivity index (χ2n) is 6.93. The molecule has 0 bridgehead atoms. The summed E-state index contributed by atoms with van der Waals surface area (Å²) in [4.78, 5) is 0. The van der Waals surface area contributed by atoms with Gasteiger partial charge < -0.3 is 10.6 Å². The van der Waals surface area contributed by atoms with Crippen LogP contribution in [0.25, 0.3) is 0 Å². The zero-order chi connectivity index (χ0) is 12.8. The predicted octanol–water partition coefficient (Wildman–Crippen LogP) is 2.89. The Morgan fingerprint density at radius 3 is 1.69 bits per heavy atom. The summed E-state index contributed by atoms with van der Waals surface area (Å²) in [6.45, 7) is 17.4. The van der Waals surface area contributed by atoms with Gasteiger partial charge in [-0.25, -0.2) is 0 Å². The fourth-order valence-corrected chi connectivity index (χ4v) is 2.75. The summed E-state index contributed by atoms with van der Waals surface area (Å²) in [6.07, 6.45) is 1.26. The average Bonchev–Trinajstić information content (AvgIpc) is 2.06. The van der Waals surface area contributed by atoms with Gasteiger partial charge in [0.25, 0.3) is 0 Å². The van der Waals surface area contributed by atoms with Crippen LogP contribution in [-0.4, -0.2) is 26.7 Å². The van der Waals surface area contributed by atoms with Crippen LogP contribution in [0.3, 0.4) is 0 Å². The van der Waals surface area contributed by atoms with Crippen LogP contribution in [0.5, 0.6) is 0 Å². The largest absolute Gasteiger partial charge is 0.318 e. The first kappa shape index (κ1) is 15.9. The third-order valence-corrected chi connectivity index (χ3v) is 3.25. The molecule has 0 amide bonds. The third kappa shape index (κ3) is 6.49. The Hall–Kier alpha value is -0.0800. The zero-order valence-corrected chi connectivity index (χ0v) is 12.4. The zero-order valence-electron chi connectivity index (χ0n) is 12.4. The van der Waals surface area contributed by atoms with Crippen LogP contribution in [0.4, 0.5) is 0 Å². The first-order valence-electron chi connectivity index (χ1n) is 6.55. The van der Waals surface area contributed by atoms with Crippen molar-refractivity contribution in [2.75, 3.05) is 26.7 Å². The highest BCUT2D eigenvalue weighted by molar-refractivity contribution is 4.84. The smallest absolute Gasteiger partial charge is 0.00766 e. The van der Waals surface area contributed by atoms with Crippen LogP contribution < -0.4 is 10.6 Å². The molecule has 0 saturated heterocycles. The van der Waals surface area contributed by atoms with E-state index < -0.39 is 0 Å². The molecule has 0 aliphatic carbocycles. The standard InChI is InChI=1S/C14H32N2/c1-13(2,3)12(14(4,5)6)8-9-16-11-10-15-7/h12,15-16H,8-11H2,1-7H3. The Morgan fingerprint density at radius 2 is 1.31 bits per heavy atom. The minimum Gasteiger partial charge on any atom is -0.318 e. The van der Waals surface area contributed by atoms with Crippen molar-refractivity contribution in [3.05, 3.63) is 0 Å². The lowest BCUT2D eigenvalue weighted by Crippen LogP contribution is -2.36. The number of nitrogens with one attached hydrogen (secondary N) is 2. The molecule has 0 radical (unpaired) electrons. The summed E-state index contributed by atoms with van der Waals surface area (Å²) in [5.74, 6) is 0.752. The van der Waals surface area contributed by atoms with E-state index in [1.165, 1.54) is 6.42 Å². The number of likely N-dealkylation sites (N-methyl/N-ethyl adjacent to an activating group) is 1. The van der Waals surface area contributed by atoms with E-state index in [1.54, 1.807) is 0 Å². The number of hydrogen-bond donors (Lipinski definition) is 2. The van der Waals surface area contributed by atoms with Gasteiger partial charge in [-0.1, -0.05) is 41.5 Å². The Kier molecular flexibility index (Phi) is 6.57. The molecule has 0 fully saturated rings. The highest BCUT2D eigenvalue weighted by atomic mass is 14.9. The van der Waals surface area contributed by atoms with Gasteiger partial charge in [0.05, 0.1) is 0 Å². The molecule has 0 aliphatic heterocycles. The lowest BCUT2D eigenvalue weighted by atomic mass is 9.65. The molecule has 2 N–H and O–H groups in total. The van der Waals surface area contributed by atoms with E-state index in [0.29, 0.717) is 10.8 Å². The molecule has 0 heterocycles. The summed E-state index contributed by atoms with van der Waals surface area (Å²) in [6, 6.07) is 0. The summed E-state index contributed by atoms with van der Waals surface area (Å²) in [7, 11) is 1.99. The Labute approximate surface area is 103 Å². The summed E-state index contributed by atoms with van der Waals surface area (Å²) < 4.78 is 0. The van der Waals surface area contributed by atoms with Crippen LogP contribution in [0.15, 0.2) is 0 Å². The fourth-order valence-electron chi connectivity index (χ4n) is 2.75. The van der Waals surface area contributed by atoms with Crippen molar-refractivity contribution in [2.45, 2.75) is 48.0 Å². The Morgan fingerprint density at radius 1 is 0.812 bits per heavy atom. The highest BCUT2D eigenvalue weighted by Gasteiger charge is 2.33.